The molecule has 0 atom stereocenters. The highest BCUT2D eigenvalue weighted by Gasteiger charge is 2.19. The molecule has 0 spiro atoms. The first-order chi connectivity index (χ1) is 12.0. The Bertz CT molecular complexity index is 1000. The largest absolute Gasteiger partial charge is 0.504 e. The Morgan fingerprint density at radius 3 is 2.28 bits per heavy atom. The SMILES string of the molecule is COc1cc(-c2cc(=O)c3c(O)c(OC)c(OC)cc3o2)ccc1O. The zero-order valence-corrected chi connectivity index (χ0v) is 13.8. The number of benzene rings is 2. The van der Waals surface area contributed by atoms with Crippen LogP contribution in [-0.4, -0.2) is 31.5 Å². The van der Waals surface area contributed by atoms with Crippen molar-refractivity contribution in [3.05, 3.63) is 40.6 Å². The second-order valence-corrected chi connectivity index (χ2v) is 5.20. The number of methoxy groups -OCH3 is 3. The van der Waals surface area contributed by atoms with E-state index in [4.69, 9.17) is 18.6 Å². The molecule has 7 nitrogen and oxygen atoms in total. The van der Waals surface area contributed by atoms with E-state index in [0.717, 1.165) is 0 Å². The predicted octanol–water partition coefficient (Wildman–Crippen LogP) is 2.90. The van der Waals surface area contributed by atoms with Crippen LogP contribution >= 0.6 is 0 Å². The third kappa shape index (κ3) is 2.69. The van der Waals surface area contributed by atoms with Crippen LogP contribution < -0.4 is 19.6 Å². The Labute approximate surface area is 142 Å². The van der Waals surface area contributed by atoms with Gasteiger partial charge >= 0.3 is 0 Å². The average molecular weight is 344 g/mol. The van der Waals surface area contributed by atoms with Gasteiger partial charge in [-0.2, -0.15) is 0 Å². The lowest BCUT2D eigenvalue weighted by Gasteiger charge is -2.12. The highest BCUT2D eigenvalue weighted by Crippen LogP contribution is 2.42. The van der Waals surface area contributed by atoms with Crippen molar-refractivity contribution in [1.82, 2.24) is 0 Å². The van der Waals surface area contributed by atoms with Gasteiger partial charge in [-0.05, 0) is 18.2 Å². The van der Waals surface area contributed by atoms with Gasteiger partial charge in [0.05, 0.1) is 21.3 Å². The minimum Gasteiger partial charge on any atom is -0.504 e. The van der Waals surface area contributed by atoms with Gasteiger partial charge in [-0.3, -0.25) is 4.79 Å². The molecule has 0 saturated heterocycles. The number of hydrogen-bond donors (Lipinski definition) is 2. The molecular weight excluding hydrogens is 328 g/mol. The Balaban J connectivity index is 2.28. The van der Waals surface area contributed by atoms with Gasteiger partial charge in [-0.25, -0.2) is 0 Å². The minimum atomic E-state index is -0.443. The fraction of sp³-hybridized carbons (Fsp3) is 0.167. The van der Waals surface area contributed by atoms with Crippen molar-refractivity contribution in [2.24, 2.45) is 0 Å². The molecule has 0 aliphatic carbocycles. The minimum absolute atomic E-state index is 0.00727. The highest BCUT2D eigenvalue weighted by atomic mass is 16.5. The lowest BCUT2D eigenvalue weighted by atomic mass is 10.1. The van der Waals surface area contributed by atoms with Gasteiger partial charge in [-0.15, -0.1) is 0 Å². The van der Waals surface area contributed by atoms with E-state index in [2.05, 4.69) is 0 Å². The molecule has 0 amide bonds. The van der Waals surface area contributed by atoms with Gasteiger partial charge in [0.2, 0.25) is 5.75 Å². The maximum atomic E-state index is 12.5. The summed E-state index contributed by atoms with van der Waals surface area (Å²) in [6.45, 7) is 0. The van der Waals surface area contributed by atoms with Crippen molar-refractivity contribution in [2.45, 2.75) is 0 Å². The summed E-state index contributed by atoms with van der Waals surface area (Å²) in [6, 6.07) is 7.28. The van der Waals surface area contributed by atoms with Gasteiger partial charge in [0.25, 0.3) is 0 Å². The molecular formula is C18H16O7. The van der Waals surface area contributed by atoms with E-state index in [9.17, 15) is 15.0 Å². The van der Waals surface area contributed by atoms with Gasteiger partial charge < -0.3 is 28.8 Å². The summed E-state index contributed by atoms with van der Waals surface area (Å²) in [7, 11) is 4.20. The highest BCUT2D eigenvalue weighted by molar-refractivity contribution is 5.89. The molecule has 0 aliphatic rings. The number of aromatic hydroxyl groups is 2. The molecule has 2 N–H and O–H groups in total. The van der Waals surface area contributed by atoms with Crippen LogP contribution in [0.5, 0.6) is 28.7 Å². The van der Waals surface area contributed by atoms with E-state index < -0.39 is 5.43 Å². The Morgan fingerprint density at radius 2 is 1.64 bits per heavy atom. The second-order valence-electron chi connectivity index (χ2n) is 5.20. The lowest BCUT2D eigenvalue weighted by Crippen LogP contribution is -2.03. The Kier molecular flexibility index (Phi) is 4.14. The molecule has 7 heteroatoms. The topological polar surface area (TPSA) is 98.4 Å². The lowest BCUT2D eigenvalue weighted by molar-refractivity contribution is 0.334. The monoisotopic (exact) mass is 344 g/mol. The quantitative estimate of drug-likeness (QED) is 0.751. The number of rotatable bonds is 4. The molecule has 0 bridgehead atoms. The van der Waals surface area contributed by atoms with Crippen molar-refractivity contribution < 1.29 is 28.8 Å². The number of phenolic OH excluding ortho intramolecular Hbond substituents is 2. The number of hydrogen-bond acceptors (Lipinski definition) is 7. The van der Waals surface area contributed by atoms with E-state index in [1.54, 1.807) is 12.1 Å². The van der Waals surface area contributed by atoms with Crippen molar-refractivity contribution in [2.75, 3.05) is 21.3 Å². The number of phenols is 2. The maximum absolute atomic E-state index is 12.5. The van der Waals surface area contributed by atoms with Crippen LogP contribution in [0.2, 0.25) is 0 Å². The van der Waals surface area contributed by atoms with Crippen LogP contribution in [0.4, 0.5) is 0 Å². The van der Waals surface area contributed by atoms with E-state index in [-0.39, 0.29) is 45.5 Å². The van der Waals surface area contributed by atoms with Gasteiger partial charge in [0.15, 0.2) is 28.4 Å². The zero-order chi connectivity index (χ0) is 18.1. The van der Waals surface area contributed by atoms with E-state index in [0.29, 0.717) is 5.56 Å². The normalized spacial score (nSPS) is 10.7. The van der Waals surface area contributed by atoms with E-state index >= 15 is 0 Å². The summed E-state index contributed by atoms with van der Waals surface area (Å²) >= 11 is 0. The van der Waals surface area contributed by atoms with E-state index in [1.807, 2.05) is 0 Å². The number of ether oxygens (including phenoxy) is 3. The fourth-order valence-corrected chi connectivity index (χ4v) is 2.58. The summed E-state index contributed by atoms with van der Waals surface area (Å²) < 4.78 is 21.1. The van der Waals surface area contributed by atoms with Crippen LogP contribution in [0.25, 0.3) is 22.3 Å². The molecule has 130 valence electrons. The predicted molar refractivity (Wildman–Crippen MR) is 90.9 cm³/mol. The molecule has 0 saturated carbocycles. The first-order valence-corrected chi connectivity index (χ1v) is 7.29. The first kappa shape index (κ1) is 16.5. The van der Waals surface area contributed by atoms with Crippen molar-refractivity contribution >= 4 is 11.0 Å². The Hall–Kier alpha value is -3.35. The fourth-order valence-electron chi connectivity index (χ4n) is 2.58. The molecule has 0 unspecified atom stereocenters. The molecule has 3 rings (SSSR count). The van der Waals surface area contributed by atoms with Gasteiger partial charge in [-0.1, -0.05) is 0 Å². The van der Waals surface area contributed by atoms with Crippen LogP contribution in [0.1, 0.15) is 0 Å². The smallest absolute Gasteiger partial charge is 0.204 e. The van der Waals surface area contributed by atoms with Gasteiger partial charge in [0.1, 0.15) is 16.7 Å². The van der Waals surface area contributed by atoms with Crippen LogP contribution in [-0.2, 0) is 0 Å². The number of fused-ring (bicyclic) bond motifs is 1. The average Bonchev–Trinajstić information content (AvgIpc) is 2.61. The first-order valence-electron chi connectivity index (χ1n) is 7.29. The van der Waals surface area contributed by atoms with Crippen molar-refractivity contribution in [1.29, 1.82) is 0 Å². The maximum Gasteiger partial charge on any atom is 0.204 e. The zero-order valence-electron chi connectivity index (χ0n) is 13.8. The second kappa shape index (κ2) is 6.27. The molecule has 25 heavy (non-hydrogen) atoms. The summed E-state index contributed by atoms with van der Waals surface area (Å²) in [5.74, 6) is 0.411. The van der Waals surface area contributed by atoms with Crippen molar-refractivity contribution in [3.8, 4) is 40.1 Å². The summed E-state index contributed by atoms with van der Waals surface area (Å²) in [6.07, 6.45) is 0. The summed E-state index contributed by atoms with van der Waals surface area (Å²) in [4.78, 5) is 12.5. The van der Waals surface area contributed by atoms with E-state index in [1.165, 1.54) is 39.5 Å². The Morgan fingerprint density at radius 1 is 0.920 bits per heavy atom. The van der Waals surface area contributed by atoms with Crippen molar-refractivity contribution in [3.63, 3.8) is 0 Å². The third-order valence-electron chi connectivity index (χ3n) is 3.80. The third-order valence-corrected chi connectivity index (χ3v) is 3.80. The van der Waals surface area contributed by atoms with Gasteiger partial charge in [0, 0.05) is 17.7 Å². The van der Waals surface area contributed by atoms with Crippen LogP contribution in [0, 0.1) is 0 Å². The standard InChI is InChI=1S/C18H16O7/c1-22-13-6-9(4-5-10(13)19)12-7-11(20)16-14(25-12)8-15(23-2)18(24-3)17(16)21/h4-8,19,21H,1-3H3. The summed E-state index contributed by atoms with van der Waals surface area (Å²) in [5.41, 5.74) is 0.231. The summed E-state index contributed by atoms with van der Waals surface area (Å²) in [5, 5.41) is 20.0. The molecule has 2 aromatic carbocycles. The molecule has 1 aromatic heterocycles. The van der Waals surface area contributed by atoms with Crippen LogP contribution in [0.3, 0.4) is 0 Å². The molecule has 0 aliphatic heterocycles. The molecule has 1 heterocycles. The molecule has 0 fully saturated rings. The van der Waals surface area contributed by atoms with Crippen LogP contribution in [0.15, 0.2) is 39.5 Å². The molecule has 0 radical (unpaired) electrons. The molecule has 3 aromatic rings.